The average molecular weight is 258 g/mol. The molecule has 0 heterocycles. The Morgan fingerprint density at radius 1 is 1.59 bits per heavy atom. The van der Waals surface area contributed by atoms with Gasteiger partial charge in [0.25, 0.3) is 0 Å². The number of carbonyl (C=O) groups excluding carboxylic acids is 1. The van der Waals surface area contributed by atoms with Crippen LogP contribution >= 0.6 is 11.6 Å². The molecule has 1 rings (SSSR count). The second-order valence-corrected chi connectivity index (χ2v) is 3.66. The minimum absolute atomic E-state index is 0.00228. The number of anilines is 1. The molecule has 0 saturated carbocycles. The van der Waals surface area contributed by atoms with E-state index in [-0.39, 0.29) is 23.1 Å². The van der Waals surface area contributed by atoms with E-state index in [0.717, 1.165) is 0 Å². The third-order valence-electron chi connectivity index (χ3n) is 2.03. The Bertz CT molecular complexity index is 446. The fourth-order valence-electron chi connectivity index (χ4n) is 1.21. The number of carbonyl (C=O) groups is 1. The molecule has 92 valence electrons. The molecule has 0 aromatic heterocycles. The molecular formula is C12H13ClFNO2. The Morgan fingerprint density at radius 3 is 2.94 bits per heavy atom. The molecular weight excluding hydrogens is 245 g/mol. The Kier molecular flexibility index (Phi) is 4.97. The molecule has 3 nitrogen and oxygen atoms in total. The molecule has 0 unspecified atom stereocenters. The summed E-state index contributed by atoms with van der Waals surface area (Å²) in [4.78, 5) is 11.0. The van der Waals surface area contributed by atoms with Crippen molar-refractivity contribution in [3.63, 3.8) is 0 Å². The fraction of sp³-hybridized carbons (Fsp3) is 0.250. The first-order valence-corrected chi connectivity index (χ1v) is 5.49. The van der Waals surface area contributed by atoms with Gasteiger partial charge in [0.15, 0.2) is 5.82 Å². The number of ether oxygens (including phenoxy) is 1. The topological polar surface area (TPSA) is 52.3 Å². The summed E-state index contributed by atoms with van der Waals surface area (Å²) in [5, 5.41) is -0.0508. The second kappa shape index (κ2) is 6.25. The predicted octanol–water partition coefficient (Wildman–Crippen LogP) is 3.03. The monoisotopic (exact) mass is 257 g/mol. The highest BCUT2D eigenvalue weighted by Gasteiger charge is 2.07. The van der Waals surface area contributed by atoms with Crippen LogP contribution in [0.2, 0.25) is 5.02 Å². The fourth-order valence-corrected chi connectivity index (χ4v) is 1.45. The summed E-state index contributed by atoms with van der Waals surface area (Å²) in [7, 11) is 0. The summed E-state index contributed by atoms with van der Waals surface area (Å²) < 4.78 is 18.1. The maximum absolute atomic E-state index is 13.3. The summed E-state index contributed by atoms with van der Waals surface area (Å²) >= 11 is 5.75. The highest BCUT2D eigenvalue weighted by atomic mass is 35.5. The van der Waals surface area contributed by atoms with Crippen molar-refractivity contribution in [1.82, 2.24) is 0 Å². The van der Waals surface area contributed by atoms with Crippen molar-refractivity contribution < 1.29 is 13.9 Å². The molecule has 0 bridgehead atoms. The largest absolute Gasteiger partial charge is 0.466 e. The first-order chi connectivity index (χ1) is 8.06. The molecule has 0 radical (unpaired) electrons. The van der Waals surface area contributed by atoms with Crippen LogP contribution in [0.5, 0.6) is 0 Å². The minimum Gasteiger partial charge on any atom is -0.466 e. The zero-order valence-corrected chi connectivity index (χ0v) is 10.1. The van der Waals surface area contributed by atoms with Crippen LogP contribution in [0.3, 0.4) is 0 Å². The Hall–Kier alpha value is -1.55. The molecule has 0 aliphatic rings. The SMILES string of the molecule is CCOC(=O)CC=Cc1ccc(N)c(F)c1Cl. The van der Waals surface area contributed by atoms with Gasteiger partial charge in [0.2, 0.25) is 0 Å². The summed E-state index contributed by atoms with van der Waals surface area (Å²) in [6.45, 7) is 2.07. The number of benzene rings is 1. The number of esters is 1. The summed E-state index contributed by atoms with van der Waals surface area (Å²) in [5.74, 6) is -0.985. The average Bonchev–Trinajstić information content (AvgIpc) is 2.29. The van der Waals surface area contributed by atoms with Gasteiger partial charge in [0.1, 0.15) is 0 Å². The number of nitrogens with two attached hydrogens (primary N) is 1. The molecule has 0 fully saturated rings. The molecule has 0 aliphatic heterocycles. The lowest BCUT2D eigenvalue weighted by molar-refractivity contribution is -0.142. The molecule has 2 N–H and O–H groups in total. The van der Waals surface area contributed by atoms with E-state index in [2.05, 4.69) is 0 Å². The van der Waals surface area contributed by atoms with Gasteiger partial charge in [-0.15, -0.1) is 0 Å². The first-order valence-electron chi connectivity index (χ1n) is 5.12. The zero-order chi connectivity index (χ0) is 12.8. The third-order valence-corrected chi connectivity index (χ3v) is 2.41. The first kappa shape index (κ1) is 13.5. The van der Waals surface area contributed by atoms with Crippen molar-refractivity contribution in [1.29, 1.82) is 0 Å². The van der Waals surface area contributed by atoms with E-state index in [9.17, 15) is 9.18 Å². The Balaban J connectivity index is 2.72. The van der Waals surface area contributed by atoms with E-state index in [1.165, 1.54) is 6.07 Å². The Morgan fingerprint density at radius 2 is 2.29 bits per heavy atom. The third kappa shape index (κ3) is 3.75. The smallest absolute Gasteiger partial charge is 0.309 e. The van der Waals surface area contributed by atoms with Crippen LogP contribution in [0.15, 0.2) is 18.2 Å². The van der Waals surface area contributed by atoms with Crippen LogP contribution in [-0.4, -0.2) is 12.6 Å². The highest BCUT2D eigenvalue weighted by molar-refractivity contribution is 6.32. The molecule has 0 spiro atoms. The van der Waals surface area contributed by atoms with Crippen molar-refractivity contribution in [2.24, 2.45) is 0 Å². The summed E-state index contributed by atoms with van der Waals surface area (Å²) in [6.07, 6.45) is 3.24. The molecule has 17 heavy (non-hydrogen) atoms. The van der Waals surface area contributed by atoms with Crippen LogP contribution in [0.4, 0.5) is 10.1 Å². The number of hydrogen-bond acceptors (Lipinski definition) is 3. The van der Waals surface area contributed by atoms with E-state index >= 15 is 0 Å². The zero-order valence-electron chi connectivity index (χ0n) is 9.37. The number of nitrogen functional groups attached to an aromatic ring is 1. The van der Waals surface area contributed by atoms with Crippen molar-refractivity contribution >= 4 is 29.3 Å². The summed E-state index contributed by atoms with van der Waals surface area (Å²) in [5.41, 5.74) is 5.82. The van der Waals surface area contributed by atoms with E-state index in [1.54, 1.807) is 25.1 Å². The van der Waals surface area contributed by atoms with Gasteiger partial charge in [0.05, 0.1) is 23.7 Å². The maximum atomic E-state index is 13.3. The van der Waals surface area contributed by atoms with Gasteiger partial charge < -0.3 is 10.5 Å². The van der Waals surface area contributed by atoms with Crippen LogP contribution in [-0.2, 0) is 9.53 Å². The maximum Gasteiger partial charge on any atom is 0.309 e. The van der Waals surface area contributed by atoms with E-state index < -0.39 is 5.82 Å². The lowest BCUT2D eigenvalue weighted by Crippen LogP contribution is -2.01. The molecule has 1 aromatic rings. The Labute approximate surface area is 104 Å². The van der Waals surface area contributed by atoms with Gasteiger partial charge in [-0.1, -0.05) is 29.8 Å². The van der Waals surface area contributed by atoms with Crippen LogP contribution in [0, 0.1) is 5.82 Å². The van der Waals surface area contributed by atoms with Crippen LogP contribution in [0.1, 0.15) is 18.9 Å². The van der Waals surface area contributed by atoms with Gasteiger partial charge >= 0.3 is 5.97 Å². The van der Waals surface area contributed by atoms with Crippen molar-refractivity contribution in [3.05, 3.63) is 34.6 Å². The van der Waals surface area contributed by atoms with E-state index in [0.29, 0.717) is 12.2 Å². The number of halogens is 2. The quantitative estimate of drug-likeness (QED) is 0.666. The van der Waals surface area contributed by atoms with Crippen molar-refractivity contribution in [2.75, 3.05) is 12.3 Å². The van der Waals surface area contributed by atoms with Crippen molar-refractivity contribution in [3.8, 4) is 0 Å². The molecule has 1 aromatic carbocycles. The molecule has 0 amide bonds. The standard InChI is InChI=1S/C12H13ClFNO2/c1-2-17-10(16)5-3-4-8-6-7-9(15)12(14)11(8)13/h3-4,6-7H,2,5,15H2,1H3. The van der Waals surface area contributed by atoms with Crippen LogP contribution < -0.4 is 5.73 Å². The number of rotatable bonds is 4. The van der Waals surface area contributed by atoms with Gasteiger partial charge in [-0.2, -0.15) is 0 Å². The summed E-state index contributed by atoms with van der Waals surface area (Å²) in [6, 6.07) is 3.01. The second-order valence-electron chi connectivity index (χ2n) is 3.28. The van der Waals surface area contributed by atoms with Gasteiger partial charge in [-0.25, -0.2) is 4.39 Å². The van der Waals surface area contributed by atoms with Crippen LogP contribution in [0.25, 0.3) is 6.08 Å². The highest BCUT2D eigenvalue weighted by Crippen LogP contribution is 2.25. The predicted molar refractivity (Wildman–Crippen MR) is 66.1 cm³/mol. The minimum atomic E-state index is -0.648. The normalized spacial score (nSPS) is 10.8. The van der Waals surface area contributed by atoms with E-state index in [4.69, 9.17) is 22.1 Å². The molecule has 0 saturated heterocycles. The van der Waals surface area contributed by atoms with E-state index in [1.807, 2.05) is 0 Å². The molecule has 0 atom stereocenters. The van der Waals surface area contributed by atoms with Gasteiger partial charge in [0, 0.05) is 0 Å². The van der Waals surface area contributed by atoms with Gasteiger partial charge in [-0.3, -0.25) is 4.79 Å². The number of hydrogen-bond donors (Lipinski definition) is 1. The van der Waals surface area contributed by atoms with Gasteiger partial charge in [-0.05, 0) is 18.6 Å². The van der Waals surface area contributed by atoms with Crippen molar-refractivity contribution in [2.45, 2.75) is 13.3 Å². The lowest BCUT2D eigenvalue weighted by atomic mass is 10.1. The molecule has 5 heteroatoms. The molecule has 0 aliphatic carbocycles. The lowest BCUT2D eigenvalue weighted by Gasteiger charge is -2.02.